The smallest absolute Gasteiger partial charge is 0.0305 e. The van der Waals surface area contributed by atoms with Crippen LogP contribution in [0, 0.1) is 13.8 Å². The maximum absolute atomic E-state index is 2.41. The second-order valence-electron chi connectivity index (χ2n) is 6.32. The molecule has 1 aliphatic rings. The van der Waals surface area contributed by atoms with Gasteiger partial charge in [0.15, 0.2) is 0 Å². The lowest BCUT2D eigenvalue weighted by atomic mass is 9.83. The number of rotatable bonds is 4. The van der Waals surface area contributed by atoms with Crippen molar-refractivity contribution in [1.82, 2.24) is 0 Å². The lowest BCUT2D eigenvalue weighted by molar-refractivity contribution is 0.915. The van der Waals surface area contributed by atoms with Gasteiger partial charge in [0, 0.05) is 5.92 Å². The minimum Gasteiger partial charge on any atom is -0.0772 e. The van der Waals surface area contributed by atoms with Crippen LogP contribution in [0.2, 0.25) is 0 Å². The number of hydrogen-bond donors (Lipinski definition) is 0. The van der Waals surface area contributed by atoms with Crippen molar-refractivity contribution in [2.75, 3.05) is 0 Å². The van der Waals surface area contributed by atoms with Crippen molar-refractivity contribution < 1.29 is 0 Å². The maximum atomic E-state index is 2.41. The van der Waals surface area contributed by atoms with Gasteiger partial charge >= 0.3 is 0 Å². The monoisotopic (exact) mass is 288 g/mol. The first-order valence-corrected chi connectivity index (χ1v) is 8.20. The van der Waals surface area contributed by atoms with Crippen molar-refractivity contribution in [3.63, 3.8) is 0 Å². The van der Waals surface area contributed by atoms with Crippen molar-refractivity contribution in [2.24, 2.45) is 0 Å². The molecule has 112 valence electrons. The van der Waals surface area contributed by atoms with Gasteiger partial charge in [-0.2, -0.15) is 0 Å². The Morgan fingerprint density at radius 1 is 0.909 bits per heavy atom. The first kappa shape index (κ1) is 14.8. The van der Waals surface area contributed by atoms with Crippen LogP contribution in [0.15, 0.2) is 71.8 Å². The molecule has 0 heterocycles. The van der Waals surface area contributed by atoms with E-state index in [2.05, 4.69) is 81.5 Å². The van der Waals surface area contributed by atoms with Crippen molar-refractivity contribution in [1.29, 1.82) is 0 Å². The van der Waals surface area contributed by atoms with Crippen LogP contribution < -0.4 is 0 Å². The van der Waals surface area contributed by atoms with Crippen LogP contribution in [-0.4, -0.2) is 0 Å². The molecule has 0 bridgehead atoms. The molecular formula is C22H24. The van der Waals surface area contributed by atoms with E-state index in [0.29, 0.717) is 5.92 Å². The zero-order chi connectivity index (χ0) is 15.5. The maximum Gasteiger partial charge on any atom is 0.0305 e. The summed E-state index contributed by atoms with van der Waals surface area (Å²) >= 11 is 0. The second-order valence-corrected chi connectivity index (χ2v) is 6.32. The molecule has 0 nitrogen and oxygen atoms in total. The molecule has 1 aliphatic carbocycles. The Balaban J connectivity index is 2.07. The topological polar surface area (TPSA) is 0 Å². The summed E-state index contributed by atoms with van der Waals surface area (Å²) in [5.41, 5.74) is 8.47. The van der Waals surface area contributed by atoms with Gasteiger partial charge in [-0.3, -0.25) is 0 Å². The molecule has 0 fully saturated rings. The van der Waals surface area contributed by atoms with Crippen molar-refractivity contribution in [3.8, 4) is 0 Å². The number of hydrogen-bond acceptors (Lipinski definition) is 0. The minimum absolute atomic E-state index is 0.375. The van der Waals surface area contributed by atoms with E-state index in [4.69, 9.17) is 0 Å². The number of allylic oxidation sites excluding steroid dienone is 4. The highest BCUT2D eigenvalue weighted by Crippen LogP contribution is 2.38. The number of aryl methyl sites for hydroxylation is 2. The summed E-state index contributed by atoms with van der Waals surface area (Å²) in [6.45, 7) is 6.59. The van der Waals surface area contributed by atoms with Gasteiger partial charge in [0.2, 0.25) is 0 Å². The van der Waals surface area contributed by atoms with Crippen LogP contribution in [0.1, 0.15) is 47.9 Å². The Hall–Kier alpha value is -2.08. The van der Waals surface area contributed by atoms with Crippen LogP contribution in [0.5, 0.6) is 0 Å². The van der Waals surface area contributed by atoms with Crippen molar-refractivity contribution in [3.05, 3.63) is 94.1 Å². The molecule has 3 rings (SSSR count). The fraction of sp³-hybridized carbons (Fsp3) is 0.273. The van der Waals surface area contributed by atoms with E-state index in [9.17, 15) is 0 Å². The van der Waals surface area contributed by atoms with Gasteiger partial charge in [0.25, 0.3) is 0 Å². The van der Waals surface area contributed by atoms with Crippen LogP contribution >= 0.6 is 0 Å². The molecule has 2 aromatic rings. The molecule has 0 radical (unpaired) electrons. The molecule has 0 amide bonds. The lowest BCUT2D eigenvalue weighted by Crippen LogP contribution is -2.04. The highest BCUT2D eigenvalue weighted by Gasteiger charge is 2.21. The fourth-order valence-corrected chi connectivity index (χ4v) is 3.37. The van der Waals surface area contributed by atoms with Crippen molar-refractivity contribution in [2.45, 2.75) is 39.5 Å². The van der Waals surface area contributed by atoms with E-state index in [1.54, 1.807) is 0 Å². The zero-order valence-electron chi connectivity index (χ0n) is 13.8. The van der Waals surface area contributed by atoms with Gasteiger partial charge in [-0.05, 0) is 37.8 Å². The molecular weight excluding hydrogens is 264 g/mol. The predicted molar refractivity (Wildman–Crippen MR) is 95.3 cm³/mol. The Bertz CT molecular complexity index is 686. The molecule has 0 unspecified atom stereocenters. The normalized spacial score (nSPS) is 14.2. The third-order valence-electron chi connectivity index (χ3n) is 4.50. The molecule has 0 N–H and O–H groups in total. The summed E-state index contributed by atoms with van der Waals surface area (Å²) < 4.78 is 0. The van der Waals surface area contributed by atoms with E-state index < -0.39 is 0 Å². The van der Waals surface area contributed by atoms with E-state index in [1.807, 2.05) is 0 Å². The summed E-state index contributed by atoms with van der Waals surface area (Å²) in [5, 5.41) is 0. The fourth-order valence-electron chi connectivity index (χ4n) is 3.37. The second kappa shape index (κ2) is 6.36. The molecule has 22 heavy (non-hydrogen) atoms. The minimum atomic E-state index is 0.375. The molecule has 0 saturated heterocycles. The summed E-state index contributed by atoms with van der Waals surface area (Å²) in [7, 11) is 0. The van der Waals surface area contributed by atoms with Crippen LogP contribution in [0.3, 0.4) is 0 Å². The molecule has 0 aromatic heterocycles. The van der Waals surface area contributed by atoms with Gasteiger partial charge in [-0.25, -0.2) is 0 Å². The Kier molecular flexibility index (Phi) is 4.29. The third kappa shape index (κ3) is 3.06. The van der Waals surface area contributed by atoms with Crippen LogP contribution in [0.25, 0.3) is 0 Å². The van der Waals surface area contributed by atoms with Gasteiger partial charge in [0.1, 0.15) is 0 Å². The van der Waals surface area contributed by atoms with Crippen LogP contribution in [-0.2, 0) is 0 Å². The van der Waals surface area contributed by atoms with Gasteiger partial charge in [-0.15, -0.1) is 0 Å². The lowest BCUT2D eigenvalue weighted by Gasteiger charge is -2.21. The first-order chi connectivity index (χ1) is 10.7. The average molecular weight is 288 g/mol. The molecule has 0 saturated carbocycles. The standard InChI is InChI=1S/C22H24/c1-4-18-11-12-21(15-18)22(19-9-5-7-16(2)13-19)20-10-6-8-17(3)14-20/h5-11,13-15,22H,4,12H2,1-3H3. The van der Waals surface area contributed by atoms with Gasteiger partial charge in [-0.1, -0.05) is 89.9 Å². The summed E-state index contributed by atoms with van der Waals surface area (Å²) in [6.07, 6.45) is 7.00. The highest BCUT2D eigenvalue weighted by atomic mass is 14.2. The van der Waals surface area contributed by atoms with Crippen LogP contribution in [0.4, 0.5) is 0 Å². The summed E-state index contributed by atoms with van der Waals surface area (Å²) in [5.74, 6) is 0.375. The van der Waals surface area contributed by atoms with E-state index in [1.165, 1.54) is 33.4 Å². The Morgan fingerprint density at radius 3 is 1.95 bits per heavy atom. The molecule has 0 heteroatoms. The summed E-state index contributed by atoms with van der Waals surface area (Å²) in [4.78, 5) is 0. The zero-order valence-corrected chi connectivity index (χ0v) is 13.8. The highest BCUT2D eigenvalue weighted by molar-refractivity contribution is 5.48. The molecule has 2 aromatic carbocycles. The first-order valence-electron chi connectivity index (χ1n) is 8.20. The molecule has 0 aliphatic heterocycles. The summed E-state index contributed by atoms with van der Waals surface area (Å²) in [6, 6.07) is 17.9. The quantitative estimate of drug-likeness (QED) is 0.637. The third-order valence-corrected chi connectivity index (χ3v) is 4.50. The Morgan fingerprint density at radius 2 is 1.50 bits per heavy atom. The predicted octanol–water partition coefficient (Wildman–Crippen LogP) is 6.10. The molecule has 0 atom stereocenters. The van der Waals surface area contributed by atoms with E-state index in [-0.39, 0.29) is 0 Å². The SMILES string of the molecule is CCC1=CCC(C(c2cccc(C)c2)c2cccc(C)c2)=C1. The Labute approximate surface area is 134 Å². The van der Waals surface area contributed by atoms with E-state index >= 15 is 0 Å². The average Bonchev–Trinajstić information content (AvgIpc) is 2.96. The molecule has 0 spiro atoms. The van der Waals surface area contributed by atoms with Gasteiger partial charge in [0.05, 0.1) is 0 Å². The van der Waals surface area contributed by atoms with Crippen molar-refractivity contribution >= 4 is 0 Å². The number of benzene rings is 2. The van der Waals surface area contributed by atoms with E-state index in [0.717, 1.165) is 12.8 Å². The largest absolute Gasteiger partial charge is 0.0772 e. The van der Waals surface area contributed by atoms with Gasteiger partial charge < -0.3 is 0 Å².